The number of hydrogen-bond donors (Lipinski definition) is 0. The second kappa shape index (κ2) is 5.89. The number of nitrogens with zero attached hydrogens (tertiary/aromatic N) is 4. The topological polar surface area (TPSA) is 59.0 Å². The molecule has 1 saturated heterocycles. The number of aromatic nitrogens is 3. The Kier molecular flexibility index (Phi) is 3.59. The fourth-order valence-corrected chi connectivity index (χ4v) is 3.49. The van der Waals surface area contributed by atoms with E-state index >= 15 is 0 Å². The molecule has 1 aliphatic heterocycles. The molecule has 0 aromatic carbocycles. The van der Waals surface area contributed by atoms with E-state index in [1.54, 1.807) is 28.6 Å². The van der Waals surface area contributed by atoms with Gasteiger partial charge in [-0.2, -0.15) is 0 Å². The summed E-state index contributed by atoms with van der Waals surface area (Å²) in [6, 6.07) is 9.66. The average Bonchev–Trinajstić information content (AvgIpc) is 3.25. The summed E-state index contributed by atoms with van der Waals surface area (Å²) in [4.78, 5) is 27.9. The van der Waals surface area contributed by atoms with Gasteiger partial charge in [0.1, 0.15) is 10.8 Å². The van der Waals surface area contributed by atoms with Crippen LogP contribution in [-0.2, 0) is 4.79 Å². The number of pyridine rings is 2. The monoisotopic (exact) mass is 322 g/mol. The predicted molar refractivity (Wildman–Crippen MR) is 90.2 cm³/mol. The summed E-state index contributed by atoms with van der Waals surface area (Å²) in [7, 11) is 0. The Bertz CT molecular complexity index is 847. The van der Waals surface area contributed by atoms with Crippen molar-refractivity contribution >= 4 is 23.1 Å². The Hall–Kier alpha value is -2.60. The molecular formula is C17H14N4OS. The standard InChI is InChI=1S/C17H14N4OS/c22-16-7-3-9-21(16)15-6-1-5-13(20-15)14-11-19-17(23-14)12-4-2-8-18-10-12/h1-2,4-6,8,10-11H,3,7,9H2. The second-order valence-electron chi connectivity index (χ2n) is 5.30. The highest BCUT2D eigenvalue weighted by atomic mass is 32.1. The van der Waals surface area contributed by atoms with Gasteiger partial charge in [0.2, 0.25) is 5.91 Å². The predicted octanol–water partition coefficient (Wildman–Crippen LogP) is 3.39. The SMILES string of the molecule is O=C1CCCN1c1cccc(-c2cnc(-c3cccnc3)s2)n1. The smallest absolute Gasteiger partial charge is 0.228 e. The molecule has 0 atom stereocenters. The minimum absolute atomic E-state index is 0.148. The summed E-state index contributed by atoms with van der Waals surface area (Å²) in [5.74, 6) is 0.872. The Morgan fingerprint density at radius 1 is 1.13 bits per heavy atom. The van der Waals surface area contributed by atoms with Gasteiger partial charge in [0, 0.05) is 37.1 Å². The average molecular weight is 322 g/mol. The lowest BCUT2D eigenvalue weighted by Crippen LogP contribution is -2.24. The largest absolute Gasteiger partial charge is 0.297 e. The number of hydrogen-bond acceptors (Lipinski definition) is 5. The van der Waals surface area contributed by atoms with Gasteiger partial charge in [0.25, 0.3) is 0 Å². The van der Waals surface area contributed by atoms with Gasteiger partial charge in [-0.25, -0.2) is 9.97 Å². The first-order valence-electron chi connectivity index (χ1n) is 7.45. The Morgan fingerprint density at radius 2 is 2.09 bits per heavy atom. The number of anilines is 1. The first-order chi connectivity index (χ1) is 11.3. The van der Waals surface area contributed by atoms with Crippen molar-refractivity contribution in [1.82, 2.24) is 15.0 Å². The molecule has 114 valence electrons. The molecule has 4 heterocycles. The third-order valence-electron chi connectivity index (χ3n) is 3.75. The van der Waals surface area contributed by atoms with E-state index < -0.39 is 0 Å². The molecule has 1 aliphatic rings. The zero-order chi connectivity index (χ0) is 15.6. The molecule has 1 amide bonds. The first kappa shape index (κ1) is 14.0. The number of rotatable bonds is 3. The maximum atomic E-state index is 11.9. The van der Waals surface area contributed by atoms with Gasteiger partial charge in [0.05, 0.1) is 10.6 Å². The highest BCUT2D eigenvalue weighted by Crippen LogP contribution is 2.32. The number of thiazole rings is 1. The Labute approximate surface area is 137 Å². The molecule has 0 aliphatic carbocycles. The Morgan fingerprint density at radius 3 is 2.87 bits per heavy atom. The number of amides is 1. The minimum atomic E-state index is 0.148. The van der Waals surface area contributed by atoms with Crippen molar-refractivity contribution in [2.24, 2.45) is 0 Å². The lowest BCUT2D eigenvalue weighted by atomic mass is 10.3. The van der Waals surface area contributed by atoms with Crippen molar-refractivity contribution in [3.05, 3.63) is 48.9 Å². The van der Waals surface area contributed by atoms with Crippen LogP contribution in [0.25, 0.3) is 21.1 Å². The van der Waals surface area contributed by atoms with Gasteiger partial charge >= 0.3 is 0 Å². The van der Waals surface area contributed by atoms with Crippen LogP contribution in [0.4, 0.5) is 5.82 Å². The van der Waals surface area contributed by atoms with Crippen LogP contribution in [0.5, 0.6) is 0 Å². The molecule has 23 heavy (non-hydrogen) atoms. The van der Waals surface area contributed by atoms with E-state index in [4.69, 9.17) is 0 Å². The van der Waals surface area contributed by atoms with Crippen LogP contribution in [-0.4, -0.2) is 27.4 Å². The van der Waals surface area contributed by atoms with E-state index in [1.807, 2.05) is 36.5 Å². The third-order valence-corrected chi connectivity index (χ3v) is 4.82. The zero-order valence-electron chi connectivity index (χ0n) is 12.3. The van der Waals surface area contributed by atoms with E-state index in [-0.39, 0.29) is 5.91 Å². The molecule has 3 aromatic rings. The maximum absolute atomic E-state index is 11.9. The van der Waals surface area contributed by atoms with Gasteiger partial charge in [-0.3, -0.25) is 14.7 Å². The number of carbonyl (C=O) groups excluding carboxylic acids is 1. The van der Waals surface area contributed by atoms with Crippen LogP contribution < -0.4 is 4.90 Å². The van der Waals surface area contributed by atoms with Crippen LogP contribution >= 0.6 is 11.3 Å². The summed E-state index contributed by atoms with van der Waals surface area (Å²) < 4.78 is 0. The highest BCUT2D eigenvalue weighted by molar-refractivity contribution is 7.18. The molecule has 4 rings (SSSR count). The second-order valence-corrected chi connectivity index (χ2v) is 6.33. The van der Waals surface area contributed by atoms with E-state index in [1.165, 1.54) is 0 Å². The molecule has 6 heteroatoms. The summed E-state index contributed by atoms with van der Waals surface area (Å²) >= 11 is 1.57. The van der Waals surface area contributed by atoms with Gasteiger partial charge in [-0.1, -0.05) is 6.07 Å². The normalized spacial score (nSPS) is 14.4. The molecule has 0 N–H and O–H groups in total. The van der Waals surface area contributed by atoms with Crippen molar-refractivity contribution in [3.8, 4) is 21.1 Å². The first-order valence-corrected chi connectivity index (χ1v) is 8.27. The van der Waals surface area contributed by atoms with Crippen molar-refractivity contribution < 1.29 is 4.79 Å². The summed E-state index contributed by atoms with van der Waals surface area (Å²) in [6.07, 6.45) is 6.88. The van der Waals surface area contributed by atoms with Gasteiger partial charge < -0.3 is 0 Å². The third kappa shape index (κ3) is 2.73. The Balaban J connectivity index is 1.66. The van der Waals surface area contributed by atoms with Crippen LogP contribution in [0.2, 0.25) is 0 Å². The van der Waals surface area contributed by atoms with Crippen molar-refractivity contribution in [2.75, 3.05) is 11.4 Å². The minimum Gasteiger partial charge on any atom is -0.297 e. The van der Waals surface area contributed by atoms with Crippen molar-refractivity contribution in [1.29, 1.82) is 0 Å². The van der Waals surface area contributed by atoms with E-state index in [0.717, 1.165) is 39.9 Å². The molecule has 3 aromatic heterocycles. The molecular weight excluding hydrogens is 308 g/mol. The molecule has 0 unspecified atom stereocenters. The van der Waals surface area contributed by atoms with Crippen molar-refractivity contribution in [2.45, 2.75) is 12.8 Å². The van der Waals surface area contributed by atoms with E-state index in [0.29, 0.717) is 6.42 Å². The van der Waals surface area contributed by atoms with E-state index in [9.17, 15) is 4.79 Å². The fourth-order valence-electron chi connectivity index (χ4n) is 2.62. The van der Waals surface area contributed by atoms with Crippen LogP contribution in [0.15, 0.2) is 48.9 Å². The van der Waals surface area contributed by atoms with Crippen LogP contribution in [0, 0.1) is 0 Å². The molecule has 0 spiro atoms. The molecule has 1 fully saturated rings. The summed E-state index contributed by atoms with van der Waals surface area (Å²) in [5.41, 5.74) is 1.84. The molecule has 5 nitrogen and oxygen atoms in total. The van der Waals surface area contributed by atoms with Gasteiger partial charge in [-0.15, -0.1) is 11.3 Å². The lowest BCUT2D eigenvalue weighted by molar-refractivity contribution is -0.117. The maximum Gasteiger partial charge on any atom is 0.228 e. The number of carbonyl (C=O) groups is 1. The summed E-state index contributed by atoms with van der Waals surface area (Å²) in [5, 5.41) is 0.914. The lowest BCUT2D eigenvalue weighted by Gasteiger charge is -2.14. The van der Waals surface area contributed by atoms with Gasteiger partial charge in [-0.05, 0) is 30.7 Å². The molecule has 0 saturated carbocycles. The molecule has 0 radical (unpaired) electrons. The highest BCUT2D eigenvalue weighted by Gasteiger charge is 2.23. The molecule has 0 bridgehead atoms. The summed E-state index contributed by atoms with van der Waals surface area (Å²) in [6.45, 7) is 0.749. The van der Waals surface area contributed by atoms with Gasteiger partial charge in [0.15, 0.2) is 0 Å². The fraction of sp³-hybridized carbons (Fsp3) is 0.176. The van der Waals surface area contributed by atoms with Crippen LogP contribution in [0.1, 0.15) is 12.8 Å². The van der Waals surface area contributed by atoms with Crippen molar-refractivity contribution in [3.63, 3.8) is 0 Å². The van der Waals surface area contributed by atoms with Crippen LogP contribution in [0.3, 0.4) is 0 Å². The van der Waals surface area contributed by atoms with E-state index in [2.05, 4.69) is 15.0 Å². The zero-order valence-corrected chi connectivity index (χ0v) is 13.2. The quantitative estimate of drug-likeness (QED) is 0.741.